The lowest BCUT2D eigenvalue weighted by Gasteiger charge is -2.36. The molecule has 0 fully saturated rings. The Hall–Kier alpha value is 0.231. The summed E-state index contributed by atoms with van der Waals surface area (Å²) in [5, 5.41) is 0. The molecule has 0 saturated carbocycles. The number of hydrogen-bond donors (Lipinski definition) is 0. The Kier molecular flexibility index (Phi) is 10.2. The van der Waals surface area contributed by atoms with Gasteiger partial charge in [0.15, 0.2) is 28.6 Å². The maximum absolute atomic E-state index is 6.02. The van der Waals surface area contributed by atoms with Crippen molar-refractivity contribution in [3.63, 3.8) is 0 Å². The molecule has 0 radical (unpaired) electrons. The zero-order chi connectivity index (χ0) is 14.9. The monoisotopic (exact) mass is 322 g/mol. The summed E-state index contributed by atoms with van der Waals surface area (Å²) in [6.07, 6.45) is 1.61. The van der Waals surface area contributed by atoms with Crippen LogP contribution in [0, 0.1) is 0 Å². The summed E-state index contributed by atoms with van der Waals surface area (Å²) in [6.45, 7) is 15.6. The van der Waals surface area contributed by atoms with Gasteiger partial charge in [-0.2, -0.15) is 0 Å². The van der Waals surface area contributed by atoms with Gasteiger partial charge in [-0.1, -0.05) is 12.2 Å². The molecule has 4 nitrogen and oxygen atoms in total. The van der Waals surface area contributed by atoms with Crippen LogP contribution in [0.15, 0.2) is 12.2 Å². The minimum atomic E-state index is -1.21. The van der Waals surface area contributed by atoms with Crippen LogP contribution < -0.4 is 0 Å². The molecule has 0 atom stereocenters. The largest absolute Gasteiger partial charge is 0.382 e. The van der Waals surface area contributed by atoms with Gasteiger partial charge < -0.3 is 18.0 Å². The van der Waals surface area contributed by atoms with E-state index in [9.17, 15) is 0 Å². The zero-order valence-electron chi connectivity index (χ0n) is 13.3. The predicted molar refractivity (Wildman–Crippen MR) is 88.5 cm³/mol. The molecule has 19 heavy (non-hydrogen) atoms. The minimum Gasteiger partial charge on any atom is -0.382 e. The molecule has 0 spiro atoms. The van der Waals surface area contributed by atoms with Gasteiger partial charge in [-0.25, -0.2) is 0 Å². The maximum Gasteiger partial charge on any atom is 0.253 e. The van der Waals surface area contributed by atoms with Crippen LogP contribution in [0.25, 0.3) is 0 Å². The van der Waals surface area contributed by atoms with Crippen molar-refractivity contribution >= 4 is 28.6 Å². The van der Waals surface area contributed by atoms with E-state index in [2.05, 4.69) is 32.8 Å². The smallest absolute Gasteiger partial charge is 0.253 e. The third-order valence-electron chi connectivity index (χ3n) is 2.26. The molecular formula is C12H30O4Si3. The third-order valence-corrected chi connectivity index (χ3v) is 4.54. The van der Waals surface area contributed by atoms with Gasteiger partial charge in [0.05, 0.1) is 6.61 Å². The first kappa shape index (κ1) is 19.2. The molecule has 0 aliphatic carbocycles. The summed E-state index contributed by atoms with van der Waals surface area (Å²) in [4.78, 5) is 0. The molecule has 0 bridgehead atoms. The Labute approximate surface area is 124 Å². The molecule has 0 saturated heterocycles. The van der Waals surface area contributed by atoms with Gasteiger partial charge in [0.25, 0.3) is 5.97 Å². The number of hydrogen-bond acceptors (Lipinski definition) is 4. The van der Waals surface area contributed by atoms with Crippen LogP contribution in [0.1, 0.15) is 19.8 Å². The Morgan fingerprint density at radius 1 is 1.16 bits per heavy atom. The lowest BCUT2D eigenvalue weighted by Crippen LogP contribution is -2.45. The van der Waals surface area contributed by atoms with Crippen LogP contribution in [0.5, 0.6) is 0 Å². The second-order valence-electron chi connectivity index (χ2n) is 5.33. The van der Waals surface area contributed by atoms with Crippen molar-refractivity contribution in [2.75, 3.05) is 13.2 Å². The van der Waals surface area contributed by atoms with Crippen LogP contribution in [0.3, 0.4) is 0 Å². The van der Waals surface area contributed by atoms with Gasteiger partial charge in [-0.05, 0) is 39.5 Å². The first-order valence-corrected chi connectivity index (χ1v) is 13.3. The fourth-order valence-corrected chi connectivity index (χ4v) is 4.57. The van der Waals surface area contributed by atoms with Crippen LogP contribution in [0.4, 0.5) is 0 Å². The molecule has 0 rings (SSSR count). The average Bonchev–Trinajstić information content (AvgIpc) is 2.26. The molecule has 0 aromatic rings. The van der Waals surface area contributed by atoms with E-state index in [0.29, 0.717) is 23.7 Å². The lowest BCUT2D eigenvalue weighted by molar-refractivity contribution is -0.263. The first-order valence-electron chi connectivity index (χ1n) is 6.94. The normalized spacial score (nSPS) is 12.6. The summed E-state index contributed by atoms with van der Waals surface area (Å²) in [5.74, 6) is -0.792. The summed E-state index contributed by atoms with van der Waals surface area (Å²) >= 11 is 0. The van der Waals surface area contributed by atoms with Gasteiger partial charge in [0.1, 0.15) is 0 Å². The van der Waals surface area contributed by atoms with Gasteiger partial charge >= 0.3 is 0 Å². The van der Waals surface area contributed by atoms with Gasteiger partial charge in [0.2, 0.25) is 0 Å². The van der Waals surface area contributed by atoms with E-state index in [1.54, 1.807) is 0 Å². The Morgan fingerprint density at radius 3 is 2.05 bits per heavy atom. The highest BCUT2D eigenvalue weighted by Crippen LogP contribution is 2.23. The Balaban J connectivity index is 4.27. The molecule has 7 heteroatoms. The van der Waals surface area contributed by atoms with Crippen molar-refractivity contribution in [2.24, 2.45) is 0 Å². The lowest BCUT2D eigenvalue weighted by atomic mass is 10.3. The zero-order valence-corrected chi connectivity index (χ0v) is 17.6. The number of rotatable bonds is 11. The van der Waals surface area contributed by atoms with Crippen LogP contribution in [0.2, 0.25) is 26.2 Å². The summed E-state index contributed by atoms with van der Waals surface area (Å²) in [6, 6.07) is 0. The molecule has 0 aliphatic rings. The molecule has 0 unspecified atom stereocenters. The van der Waals surface area contributed by atoms with E-state index in [1.807, 2.05) is 6.92 Å². The second-order valence-corrected chi connectivity index (χ2v) is 10.4. The summed E-state index contributed by atoms with van der Waals surface area (Å²) < 4.78 is 23.2. The van der Waals surface area contributed by atoms with Crippen LogP contribution in [-0.4, -0.2) is 47.8 Å². The molecule has 0 N–H and O–H groups in total. The van der Waals surface area contributed by atoms with Crippen LogP contribution >= 0.6 is 0 Å². The van der Waals surface area contributed by atoms with E-state index in [4.69, 9.17) is 18.0 Å². The van der Waals surface area contributed by atoms with Crippen molar-refractivity contribution in [1.29, 1.82) is 0 Å². The van der Waals surface area contributed by atoms with Gasteiger partial charge in [-0.15, -0.1) is 0 Å². The van der Waals surface area contributed by atoms with E-state index in [0.717, 1.165) is 18.4 Å². The quantitative estimate of drug-likeness (QED) is 0.249. The molecule has 0 aromatic carbocycles. The second kappa shape index (κ2) is 10.0. The summed E-state index contributed by atoms with van der Waals surface area (Å²) in [5.41, 5.74) is 1.04. The first-order chi connectivity index (χ1) is 8.81. The van der Waals surface area contributed by atoms with E-state index in [-0.39, 0.29) is 0 Å². The number of ether oxygens (including phenoxy) is 1. The van der Waals surface area contributed by atoms with E-state index < -0.39 is 24.1 Å². The fraction of sp³-hybridized carbons (Fsp3) is 0.833. The van der Waals surface area contributed by atoms with E-state index in [1.165, 1.54) is 0 Å². The highest BCUT2D eigenvalue weighted by Gasteiger charge is 2.33. The molecule has 0 heterocycles. The Bertz CT molecular complexity index is 249. The third kappa shape index (κ3) is 9.72. The fourth-order valence-electron chi connectivity index (χ4n) is 1.70. The van der Waals surface area contributed by atoms with Crippen molar-refractivity contribution in [2.45, 2.75) is 51.9 Å². The molecule has 114 valence electrons. The van der Waals surface area contributed by atoms with Crippen molar-refractivity contribution in [1.82, 2.24) is 0 Å². The molecule has 0 aliphatic heterocycles. The van der Waals surface area contributed by atoms with Crippen molar-refractivity contribution < 1.29 is 18.0 Å². The highest BCUT2D eigenvalue weighted by atomic mass is 28.3. The van der Waals surface area contributed by atoms with Crippen molar-refractivity contribution in [3.8, 4) is 0 Å². The maximum atomic E-state index is 6.02. The highest BCUT2D eigenvalue weighted by molar-refractivity contribution is 6.49. The summed E-state index contributed by atoms with van der Waals surface area (Å²) in [7, 11) is -1.80. The predicted octanol–water partition coefficient (Wildman–Crippen LogP) is 1.31. The van der Waals surface area contributed by atoms with Gasteiger partial charge in [-0.3, -0.25) is 0 Å². The van der Waals surface area contributed by atoms with Gasteiger partial charge in [0, 0.05) is 13.0 Å². The molecule has 0 aromatic heterocycles. The van der Waals surface area contributed by atoms with Crippen LogP contribution in [-0.2, 0) is 18.0 Å². The van der Waals surface area contributed by atoms with Crippen molar-refractivity contribution in [3.05, 3.63) is 12.2 Å². The SMILES string of the molecule is C=C(C)COCCCC(O[SiH3])(O[SiH](C)C)O[SiH](C)C. The Morgan fingerprint density at radius 2 is 1.68 bits per heavy atom. The standard InChI is InChI=1S/C12H30O4Si3/c1-11(2)10-13-9-7-8-12(14-17,15-18(3)4)16-19(5)6/h18-19H,1,7-10H2,2-6,17H3. The molecular weight excluding hydrogens is 292 g/mol. The molecule has 0 amide bonds. The minimum absolute atomic E-state index is 0.613. The average molecular weight is 323 g/mol. The van der Waals surface area contributed by atoms with E-state index >= 15 is 0 Å². The topological polar surface area (TPSA) is 36.9 Å².